The molecule has 0 aromatic rings. The van der Waals surface area contributed by atoms with Gasteiger partial charge in [0, 0.05) is 19.5 Å². The van der Waals surface area contributed by atoms with Crippen molar-refractivity contribution in [3.05, 3.63) is 0 Å². The number of esters is 1. The quantitative estimate of drug-likeness (QED) is 0.440. The minimum absolute atomic E-state index is 0.113. The second kappa shape index (κ2) is 8.95. The molecule has 2 N–H and O–H groups in total. The van der Waals surface area contributed by atoms with E-state index in [0.717, 1.165) is 0 Å². The van der Waals surface area contributed by atoms with Gasteiger partial charge in [-0.05, 0) is 20.4 Å². The molecule has 0 fully saturated rings. The Kier molecular flexibility index (Phi) is 8.35. The highest BCUT2D eigenvalue weighted by molar-refractivity contribution is 5.78. The SMILES string of the molecule is COC(=O)CCCNC(=O)CN(C)CC(C)O. The molecule has 0 aliphatic rings. The van der Waals surface area contributed by atoms with Crippen molar-refractivity contribution >= 4 is 11.9 Å². The van der Waals surface area contributed by atoms with E-state index in [-0.39, 0.29) is 18.4 Å². The summed E-state index contributed by atoms with van der Waals surface area (Å²) in [6, 6.07) is 0. The smallest absolute Gasteiger partial charge is 0.305 e. The molecule has 1 unspecified atom stereocenters. The average molecular weight is 246 g/mol. The number of nitrogens with one attached hydrogen (secondary N) is 1. The average Bonchev–Trinajstić information content (AvgIpc) is 2.22. The lowest BCUT2D eigenvalue weighted by atomic mass is 10.3. The highest BCUT2D eigenvalue weighted by atomic mass is 16.5. The fourth-order valence-electron chi connectivity index (χ4n) is 1.38. The molecular formula is C11H22N2O4. The Morgan fingerprint density at radius 2 is 2.12 bits per heavy atom. The zero-order chi connectivity index (χ0) is 13.3. The van der Waals surface area contributed by atoms with Gasteiger partial charge in [-0.15, -0.1) is 0 Å². The largest absolute Gasteiger partial charge is 0.469 e. The molecule has 17 heavy (non-hydrogen) atoms. The number of amides is 1. The molecule has 1 atom stereocenters. The molecular weight excluding hydrogens is 224 g/mol. The van der Waals surface area contributed by atoms with Gasteiger partial charge < -0.3 is 15.2 Å². The van der Waals surface area contributed by atoms with Crippen molar-refractivity contribution in [3.63, 3.8) is 0 Å². The third-order valence-corrected chi connectivity index (χ3v) is 2.10. The number of ether oxygens (including phenoxy) is 1. The van der Waals surface area contributed by atoms with Crippen LogP contribution in [0, 0.1) is 0 Å². The Hall–Kier alpha value is -1.14. The number of methoxy groups -OCH3 is 1. The van der Waals surface area contributed by atoms with Gasteiger partial charge in [-0.3, -0.25) is 14.5 Å². The topological polar surface area (TPSA) is 78.9 Å². The normalized spacial score (nSPS) is 12.3. The van der Waals surface area contributed by atoms with Crippen LogP contribution in [-0.4, -0.2) is 61.8 Å². The second-order valence-electron chi connectivity index (χ2n) is 4.08. The summed E-state index contributed by atoms with van der Waals surface area (Å²) in [4.78, 5) is 23.9. The van der Waals surface area contributed by atoms with E-state index in [4.69, 9.17) is 5.11 Å². The van der Waals surface area contributed by atoms with Crippen molar-refractivity contribution in [1.82, 2.24) is 10.2 Å². The number of aliphatic hydroxyl groups excluding tert-OH is 1. The number of aliphatic hydroxyl groups is 1. The monoisotopic (exact) mass is 246 g/mol. The zero-order valence-electron chi connectivity index (χ0n) is 10.7. The number of hydrogen-bond acceptors (Lipinski definition) is 5. The van der Waals surface area contributed by atoms with Crippen LogP contribution in [0.3, 0.4) is 0 Å². The van der Waals surface area contributed by atoms with Crippen molar-refractivity contribution in [3.8, 4) is 0 Å². The maximum absolute atomic E-state index is 11.4. The summed E-state index contributed by atoms with van der Waals surface area (Å²) in [7, 11) is 3.10. The van der Waals surface area contributed by atoms with Gasteiger partial charge in [-0.25, -0.2) is 0 Å². The van der Waals surface area contributed by atoms with E-state index in [0.29, 0.717) is 25.9 Å². The van der Waals surface area contributed by atoms with Gasteiger partial charge in [0.2, 0.25) is 5.91 Å². The van der Waals surface area contributed by atoms with Crippen LogP contribution in [0.4, 0.5) is 0 Å². The number of likely N-dealkylation sites (N-methyl/N-ethyl adjacent to an activating group) is 1. The lowest BCUT2D eigenvalue weighted by Gasteiger charge is -2.17. The predicted octanol–water partition coefficient (Wildman–Crippen LogP) is -0.632. The van der Waals surface area contributed by atoms with Gasteiger partial charge in [-0.2, -0.15) is 0 Å². The molecule has 0 aromatic carbocycles. The molecule has 100 valence electrons. The van der Waals surface area contributed by atoms with E-state index >= 15 is 0 Å². The van der Waals surface area contributed by atoms with Gasteiger partial charge in [-0.1, -0.05) is 0 Å². The van der Waals surface area contributed by atoms with E-state index in [1.165, 1.54) is 7.11 Å². The molecule has 6 heteroatoms. The first-order valence-electron chi connectivity index (χ1n) is 5.65. The molecule has 6 nitrogen and oxygen atoms in total. The first-order chi connectivity index (χ1) is 7.95. The van der Waals surface area contributed by atoms with Gasteiger partial charge in [0.1, 0.15) is 0 Å². The van der Waals surface area contributed by atoms with E-state index in [1.54, 1.807) is 18.9 Å². The second-order valence-corrected chi connectivity index (χ2v) is 4.08. The molecule has 0 bridgehead atoms. The standard InChI is InChI=1S/C11H22N2O4/c1-9(14)7-13(2)8-10(15)12-6-4-5-11(16)17-3/h9,14H,4-8H2,1-3H3,(H,12,15). The Morgan fingerprint density at radius 3 is 2.65 bits per heavy atom. The number of nitrogens with zero attached hydrogens (tertiary/aromatic N) is 1. The lowest BCUT2D eigenvalue weighted by molar-refractivity contribution is -0.140. The summed E-state index contributed by atoms with van der Waals surface area (Å²) in [5.74, 6) is -0.386. The minimum Gasteiger partial charge on any atom is -0.469 e. The van der Waals surface area contributed by atoms with Crippen LogP contribution in [0.15, 0.2) is 0 Å². The Bertz CT molecular complexity index is 244. The number of rotatable bonds is 8. The van der Waals surface area contributed by atoms with Gasteiger partial charge >= 0.3 is 5.97 Å². The molecule has 0 aliphatic carbocycles. The van der Waals surface area contributed by atoms with Crippen LogP contribution < -0.4 is 5.32 Å². The summed E-state index contributed by atoms with van der Waals surface area (Å²) < 4.78 is 4.48. The van der Waals surface area contributed by atoms with Crippen molar-refractivity contribution in [2.45, 2.75) is 25.9 Å². The molecule has 0 heterocycles. The van der Waals surface area contributed by atoms with Crippen molar-refractivity contribution in [1.29, 1.82) is 0 Å². The molecule has 1 amide bonds. The van der Waals surface area contributed by atoms with Crippen LogP contribution in [0.2, 0.25) is 0 Å². The third kappa shape index (κ3) is 9.77. The van der Waals surface area contributed by atoms with Gasteiger partial charge in [0.25, 0.3) is 0 Å². The van der Waals surface area contributed by atoms with Crippen molar-refractivity contribution < 1.29 is 19.4 Å². The predicted molar refractivity (Wildman–Crippen MR) is 63.4 cm³/mol. The maximum atomic E-state index is 11.4. The van der Waals surface area contributed by atoms with Crippen LogP contribution >= 0.6 is 0 Å². The van der Waals surface area contributed by atoms with Crippen molar-refractivity contribution in [2.75, 3.05) is 33.8 Å². The van der Waals surface area contributed by atoms with Crippen LogP contribution in [0.25, 0.3) is 0 Å². The molecule has 0 aromatic heterocycles. The Balaban J connectivity index is 3.56. The van der Waals surface area contributed by atoms with Crippen molar-refractivity contribution in [2.24, 2.45) is 0 Å². The van der Waals surface area contributed by atoms with Gasteiger partial charge in [0.05, 0.1) is 19.8 Å². The third-order valence-electron chi connectivity index (χ3n) is 2.10. The molecule has 0 radical (unpaired) electrons. The van der Waals surface area contributed by atoms with E-state index in [2.05, 4.69) is 10.1 Å². The maximum Gasteiger partial charge on any atom is 0.305 e. The summed E-state index contributed by atoms with van der Waals surface area (Å²) in [6.45, 7) is 2.82. The fraction of sp³-hybridized carbons (Fsp3) is 0.818. The summed E-state index contributed by atoms with van der Waals surface area (Å²) in [6.07, 6.45) is 0.422. The minimum atomic E-state index is -0.452. The first kappa shape index (κ1) is 15.9. The summed E-state index contributed by atoms with van der Waals surface area (Å²) in [5.41, 5.74) is 0. The van der Waals surface area contributed by atoms with E-state index < -0.39 is 6.10 Å². The lowest BCUT2D eigenvalue weighted by Crippen LogP contribution is -2.38. The zero-order valence-corrected chi connectivity index (χ0v) is 10.7. The summed E-state index contributed by atoms with van der Waals surface area (Å²) >= 11 is 0. The summed E-state index contributed by atoms with van der Waals surface area (Å²) in [5, 5.41) is 11.8. The number of hydrogen-bond donors (Lipinski definition) is 2. The van der Waals surface area contributed by atoms with Crippen LogP contribution in [-0.2, 0) is 14.3 Å². The first-order valence-corrected chi connectivity index (χ1v) is 5.65. The van der Waals surface area contributed by atoms with Crippen LogP contribution in [0.1, 0.15) is 19.8 Å². The highest BCUT2D eigenvalue weighted by Gasteiger charge is 2.08. The Morgan fingerprint density at radius 1 is 1.47 bits per heavy atom. The van der Waals surface area contributed by atoms with E-state index in [9.17, 15) is 9.59 Å². The van der Waals surface area contributed by atoms with Crippen LogP contribution in [0.5, 0.6) is 0 Å². The molecule has 0 saturated heterocycles. The Labute approximate surface area is 102 Å². The molecule has 0 rings (SSSR count). The fourth-order valence-corrected chi connectivity index (χ4v) is 1.38. The molecule has 0 spiro atoms. The molecule has 0 saturated carbocycles. The van der Waals surface area contributed by atoms with Gasteiger partial charge in [0.15, 0.2) is 0 Å². The number of carbonyl (C=O) groups excluding carboxylic acids is 2. The number of carbonyl (C=O) groups is 2. The highest BCUT2D eigenvalue weighted by Crippen LogP contribution is 1.91. The molecule has 0 aliphatic heterocycles. The van der Waals surface area contributed by atoms with E-state index in [1.807, 2.05) is 0 Å².